The number of hydrogen-bond acceptors (Lipinski definition) is 4. The van der Waals surface area contributed by atoms with Gasteiger partial charge >= 0.3 is 0 Å². The summed E-state index contributed by atoms with van der Waals surface area (Å²) in [5, 5.41) is 0.654. The number of ether oxygens (including phenoxy) is 2. The predicted molar refractivity (Wildman–Crippen MR) is 91.7 cm³/mol. The molecule has 1 aromatic rings. The Morgan fingerprint density at radius 1 is 1.32 bits per heavy atom. The zero-order chi connectivity index (χ0) is 15.4. The maximum atomic E-state index is 6.05. The van der Waals surface area contributed by atoms with Crippen LogP contribution in [0, 0.1) is 0 Å². The van der Waals surface area contributed by atoms with E-state index in [2.05, 4.69) is 25.8 Å². The highest BCUT2D eigenvalue weighted by Gasteiger charge is 2.23. The molecule has 0 amide bonds. The van der Waals surface area contributed by atoms with Crippen molar-refractivity contribution in [3.63, 3.8) is 0 Å². The zero-order valence-corrected chi connectivity index (χ0v) is 15.0. The second-order valence-corrected chi connectivity index (χ2v) is 7.26. The molecule has 0 bridgehead atoms. The number of halogens is 2. The third-order valence-electron chi connectivity index (χ3n) is 4.32. The quantitative estimate of drug-likeness (QED) is 0.778. The lowest BCUT2D eigenvalue weighted by atomic mass is 10.1. The molecule has 1 aromatic heterocycles. The van der Waals surface area contributed by atoms with Gasteiger partial charge in [0.05, 0.1) is 28.3 Å². The van der Waals surface area contributed by atoms with Crippen molar-refractivity contribution < 1.29 is 9.47 Å². The highest BCUT2D eigenvalue weighted by molar-refractivity contribution is 9.10. The van der Waals surface area contributed by atoms with Crippen LogP contribution in [-0.2, 0) is 9.47 Å². The van der Waals surface area contributed by atoms with Gasteiger partial charge in [-0.1, -0.05) is 11.6 Å². The minimum Gasteiger partial charge on any atom is -0.376 e. The molecule has 0 unspecified atom stereocenters. The molecule has 2 aliphatic heterocycles. The molecule has 0 N–H and O–H groups in total. The topological polar surface area (TPSA) is 34.6 Å². The van der Waals surface area contributed by atoms with E-state index >= 15 is 0 Å². The van der Waals surface area contributed by atoms with Crippen molar-refractivity contribution in [3.05, 3.63) is 21.8 Å². The van der Waals surface area contributed by atoms with Crippen molar-refractivity contribution in [2.24, 2.45) is 0 Å². The van der Waals surface area contributed by atoms with Crippen LogP contribution in [0.4, 0.5) is 5.82 Å². The molecule has 0 aliphatic carbocycles. The summed E-state index contributed by atoms with van der Waals surface area (Å²) in [7, 11) is 0. The minimum atomic E-state index is 0.304. The molecule has 6 heteroatoms. The fraction of sp³-hybridized carbons (Fsp3) is 0.688. The third kappa shape index (κ3) is 4.34. The molecule has 4 nitrogen and oxygen atoms in total. The lowest BCUT2D eigenvalue weighted by molar-refractivity contribution is -0.0672. The third-order valence-corrected chi connectivity index (χ3v) is 5.11. The van der Waals surface area contributed by atoms with Crippen molar-refractivity contribution in [3.8, 4) is 0 Å². The van der Waals surface area contributed by atoms with E-state index in [1.807, 2.05) is 6.07 Å². The van der Waals surface area contributed by atoms with Crippen molar-refractivity contribution in [1.29, 1.82) is 0 Å². The number of piperidine rings is 1. The smallest absolute Gasteiger partial charge is 0.142 e. The number of aromatic nitrogens is 1. The van der Waals surface area contributed by atoms with E-state index in [1.54, 1.807) is 6.20 Å². The Balaban J connectivity index is 1.45. The standard InChI is InChI=1S/C16H22BrClN2O2/c17-15-9-12(18)10-19-16(15)20-6-4-13(5-7-20)22-11-14-3-1-2-8-21-14/h9-10,13-14H,1-8,11H2/t14-/m1/s1. The summed E-state index contributed by atoms with van der Waals surface area (Å²) < 4.78 is 12.7. The molecule has 0 aromatic carbocycles. The summed E-state index contributed by atoms with van der Waals surface area (Å²) in [6.45, 7) is 3.56. The first kappa shape index (κ1) is 16.5. The molecule has 0 radical (unpaired) electrons. The van der Waals surface area contributed by atoms with E-state index in [1.165, 1.54) is 12.8 Å². The number of rotatable bonds is 4. The average molecular weight is 390 g/mol. The Morgan fingerprint density at radius 2 is 2.14 bits per heavy atom. The molecule has 0 saturated carbocycles. The molecule has 2 aliphatic rings. The molecule has 0 spiro atoms. The van der Waals surface area contributed by atoms with Gasteiger partial charge in [-0.2, -0.15) is 0 Å². The second-order valence-electron chi connectivity index (χ2n) is 5.97. The average Bonchev–Trinajstić information content (AvgIpc) is 2.55. The summed E-state index contributed by atoms with van der Waals surface area (Å²) in [6.07, 6.45) is 8.00. The van der Waals surface area contributed by atoms with Gasteiger partial charge in [-0.3, -0.25) is 0 Å². The van der Waals surface area contributed by atoms with E-state index < -0.39 is 0 Å². The van der Waals surface area contributed by atoms with Gasteiger partial charge in [-0.05, 0) is 54.1 Å². The summed E-state index contributed by atoms with van der Waals surface area (Å²) in [5.74, 6) is 0.971. The first-order valence-electron chi connectivity index (χ1n) is 8.01. The van der Waals surface area contributed by atoms with Crippen LogP contribution in [0.5, 0.6) is 0 Å². The minimum absolute atomic E-state index is 0.304. The van der Waals surface area contributed by atoms with Gasteiger partial charge in [0.1, 0.15) is 5.82 Å². The second kappa shape index (κ2) is 7.95. The van der Waals surface area contributed by atoms with Crippen LogP contribution in [0.3, 0.4) is 0 Å². The monoisotopic (exact) mass is 388 g/mol. The van der Waals surface area contributed by atoms with Crippen molar-refractivity contribution in [1.82, 2.24) is 4.98 Å². The molecule has 3 rings (SSSR count). The van der Waals surface area contributed by atoms with Gasteiger partial charge in [0.2, 0.25) is 0 Å². The Hall–Kier alpha value is -0.360. The summed E-state index contributed by atoms with van der Waals surface area (Å²) in [4.78, 5) is 6.72. The van der Waals surface area contributed by atoms with E-state index in [0.29, 0.717) is 17.2 Å². The maximum absolute atomic E-state index is 6.05. The zero-order valence-electron chi connectivity index (χ0n) is 12.6. The number of anilines is 1. The van der Waals surface area contributed by atoms with Gasteiger partial charge < -0.3 is 14.4 Å². The molecule has 122 valence electrons. The van der Waals surface area contributed by atoms with Crippen LogP contribution >= 0.6 is 27.5 Å². The molecule has 3 heterocycles. The fourth-order valence-electron chi connectivity index (χ4n) is 3.06. The van der Waals surface area contributed by atoms with Crippen LogP contribution in [0.1, 0.15) is 32.1 Å². The van der Waals surface area contributed by atoms with Crippen LogP contribution in [-0.4, -0.2) is 43.5 Å². The van der Waals surface area contributed by atoms with Crippen LogP contribution in [0.15, 0.2) is 16.7 Å². The highest BCUT2D eigenvalue weighted by atomic mass is 79.9. The van der Waals surface area contributed by atoms with Crippen molar-refractivity contribution >= 4 is 33.3 Å². The molecule has 1 atom stereocenters. The number of hydrogen-bond donors (Lipinski definition) is 0. The van der Waals surface area contributed by atoms with Crippen LogP contribution < -0.4 is 4.90 Å². The number of nitrogens with zero attached hydrogens (tertiary/aromatic N) is 2. The van der Waals surface area contributed by atoms with Crippen LogP contribution in [0.25, 0.3) is 0 Å². The first-order chi connectivity index (χ1) is 10.7. The van der Waals surface area contributed by atoms with Crippen molar-refractivity contribution in [2.75, 3.05) is 31.2 Å². The molecule has 2 saturated heterocycles. The fourth-order valence-corrected chi connectivity index (χ4v) is 3.95. The highest BCUT2D eigenvalue weighted by Crippen LogP contribution is 2.29. The Kier molecular flexibility index (Phi) is 5.96. The lowest BCUT2D eigenvalue weighted by Gasteiger charge is -2.34. The van der Waals surface area contributed by atoms with E-state index in [-0.39, 0.29) is 0 Å². The Labute approximate surface area is 145 Å². The predicted octanol–water partition coefficient (Wildman–Crippen LogP) is 4.05. The van der Waals surface area contributed by atoms with E-state index in [4.69, 9.17) is 21.1 Å². The van der Waals surface area contributed by atoms with E-state index in [9.17, 15) is 0 Å². The maximum Gasteiger partial charge on any atom is 0.142 e. The number of pyridine rings is 1. The van der Waals surface area contributed by atoms with Crippen LogP contribution in [0.2, 0.25) is 5.02 Å². The van der Waals surface area contributed by atoms with Gasteiger partial charge in [-0.25, -0.2) is 4.98 Å². The van der Waals surface area contributed by atoms with Gasteiger partial charge in [0.25, 0.3) is 0 Å². The summed E-state index contributed by atoms with van der Waals surface area (Å²) >= 11 is 9.50. The Bertz CT molecular complexity index is 489. The summed E-state index contributed by atoms with van der Waals surface area (Å²) in [5.41, 5.74) is 0. The molecule has 2 fully saturated rings. The Morgan fingerprint density at radius 3 is 2.82 bits per heavy atom. The van der Waals surface area contributed by atoms with E-state index in [0.717, 1.165) is 55.9 Å². The molecular formula is C16H22BrClN2O2. The van der Waals surface area contributed by atoms with Gasteiger partial charge in [0.15, 0.2) is 0 Å². The largest absolute Gasteiger partial charge is 0.376 e. The SMILES string of the molecule is Clc1cnc(N2CCC(OC[C@H]3CCCCO3)CC2)c(Br)c1. The molecular weight excluding hydrogens is 368 g/mol. The van der Waals surface area contributed by atoms with Crippen molar-refractivity contribution in [2.45, 2.75) is 44.3 Å². The summed E-state index contributed by atoms with van der Waals surface area (Å²) in [6, 6.07) is 1.90. The van der Waals surface area contributed by atoms with Gasteiger partial charge in [0, 0.05) is 25.9 Å². The lowest BCUT2D eigenvalue weighted by Crippen LogP contribution is -2.39. The van der Waals surface area contributed by atoms with Gasteiger partial charge in [-0.15, -0.1) is 0 Å². The molecule has 22 heavy (non-hydrogen) atoms. The first-order valence-corrected chi connectivity index (χ1v) is 9.18. The normalized spacial score (nSPS) is 23.7.